The van der Waals surface area contributed by atoms with Crippen LogP contribution in [0.5, 0.6) is 0 Å². The number of nitrogens with two attached hydrogens (primary N) is 1. The second-order valence-corrected chi connectivity index (χ2v) is 5.84. The first-order valence-corrected chi connectivity index (χ1v) is 7.00. The van der Waals surface area contributed by atoms with E-state index in [2.05, 4.69) is 38.6 Å². The van der Waals surface area contributed by atoms with Gasteiger partial charge in [0.25, 0.3) is 0 Å². The summed E-state index contributed by atoms with van der Waals surface area (Å²) in [7, 11) is 0. The normalized spacial score (nSPS) is 19.7. The van der Waals surface area contributed by atoms with Gasteiger partial charge in [-0.2, -0.15) is 5.26 Å². The van der Waals surface area contributed by atoms with Crippen molar-refractivity contribution in [2.24, 2.45) is 17.6 Å². The molecule has 0 saturated heterocycles. The minimum atomic E-state index is 0.453. The van der Waals surface area contributed by atoms with Crippen molar-refractivity contribution in [2.45, 2.75) is 39.5 Å². The van der Waals surface area contributed by atoms with E-state index in [1.54, 1.807) is 0 Å². The van der Waals surface area contributed by atoms with Crippen molar-refractivity contribution in [1.82, 2.24) is 0 Å². The molecule has 100 valence electrons. The Morgan fingerprint density at radius 2 is 2.21 bits per heavy atom. The van der Waals surface area contributed by atoms with Gasteiger partial charge in [0.05, 0.1) is 6.07 Å². The van der Waals surface area contributed by atoms with E-state index in [9.17, 15) is 5.26 Å². The van der Waals surface area contributed by atoms with Crippen LogP contribution >= 0.6 is 0 Å². The van der Waals surface area contributed by atoms with E-state index < -0.39 is 0 Å². The third-order valence-corrected chi connectivity index (χ3v) is 3.76. The molecule has 0 bridgehead atoms. The Labute approximate surface area is 116 Å². The maximum atomic E-state index is 9.22. The van der Waals surface area contributed by atoms with Crippen LogP contribution in [0.4, 0.5) is 0 Å². The molecule has 0 amide bonds. The molecule has 0 spiro atoms. The number of nitriles is 1. The van der Waals surface area contributed by atoms with E-state index in [1.807, 2.05) is 0 Å². The second-order valence-electron chi connectivity index (χ2n) is 5.84. The minimum absolute atomic E-state index is 0.453. The van der Waals surface area contributed by atoms with Gasteiger partial charge in [0.15, 0.2) is 0 Å². The Morgan fingerprint density at radius 3 is 2.68 bits per heavy atom. The molecule has 2 nitrogen and oxygen atoms in total. The van der Waals surface area contributed by atoms with Gasteiger partial charge in [0, 0.05) is 24.1 Å². The van der Waals surface area contributed by atoms with Gasteiger partial charge in [0.2, 0.25) is 0 Å². The van der Waals surface area contributed by atoms with Crippen molar-refractivity contribution in [2.75, 3.05) is 0 Å². The highest BCUT2D eigenvalue weighted by Gasteiger charge is 2.30. The van der Waals surface area contributed by atoms with Crippen LogP contribution in [0.15, 0.2) is 46.7 Å². The molecule has 2 aliphatic rings. The van der Waals surface area contributed by atoms with Crippen LogP contribution in [0.3, 0.4) is 0 Å². The Balaban J connectivity index is 2.52. The smallest absolute Gasteiger partial charge is 0.0950 e. The molecule has 0 aromatic carbocycles. The highest BCUT2D eigenvalue weighted by Crippen LogP contribution is 2.44. The molecule has 0 radical (unpaired) electrons. The lowest BCUT2D eigenvalue weighted by Gasteiger charge is -2.18. The first kappa shape index (κ1) is 13.7. The first-order chi connectivity index (χ1) is 9.02. The van der Waals surface area contributed by atoms with Crippen LogP contribution in [0.1, 0.15) is 39.5 Å². The van der Waals surface area contributed by atoms with Crippen molar-refractivity contribution in [3.8, 4) is 6.07 Å². The number of hydrogen-bond acceptors (Lipinski definition) is 2. The van der Waals surface area contributed by atoms with Crippen LogP contribution in [0, 0.1) is 23.2 Å². The Hall–Kier alpha value is -1.75. The summed E-state index contributed by atoms with van der Waals surface area (Å²) in [6.07, 6.45) is 8.23. The summed E-state index contributed by atoms with van der Waals surface area (Å²) in [4.78, 5) is 0. The Bertz CT molecular complexity index is 520. The lowest BCUT2D eigenvalue weighted by Crippen LogP contribution is -2.06. The van der Waals surface area contributed by atoms with Crippen molar-refractivity contribution >= 4 is 0 Å². The molecule has 0 aliphatic heterocycles. The summed E-state index contributed by atoms with van der Waals surface area (Å²) in [6.45, 7) is 8.26. The van der Waals surface area contributed by atoms with E-state index in [-0.39, 0.29) is 0 Å². The fourth-order valence-corrected chi connectivity index (χ4v) is 2.70. The van der Waals surface area contributed by atoms with Crippen LogP contribution in [0.2, 0.25) is 0 Å². The molecule has 1 fully saturated rings. The first-order valence-electron chi connectivity index (χ1n) is 7.00. The van der Waals surface area contributed by atoms with Gasteiger partial charge in [-0.1, -0.05) is 26.5 Å². The van der Waals surface area contributed by atoms with Gasteiger partial charge < -0.3 is 5.73 Å². The standard InChI is InChI=1S/C17H22N2/c1-11(2)15-7-4-13(10-18)9-16(14-5-6-14)17(15)8-12(3)19/h7,9,11,14H,3-6,8,19H2,1-2H3. The molecule has 2 N–H and O–H groups in total. The summed E-state index contributed by atoms with van der Waals surface area (Å²) >= 11 is 0. The van der Waals surface area contributed by atoms with E-state index in [4.69, 9.17) is 5.73 Å². The van der Waals surface area contributed by atoms with Gasteiger partial charge in [0.1, 0.15) is 0 Å². The predicted octanol–water partition coefficient (Wildman–Crippen LogP) is 3.99. The van der Waals surface area contributed by atoms with E-state index >= 15 is 0 Å². The van der Waals surface area contributed by atoms with Crippen LogP contribution in [-0.4, -0.2) is 0 Å². The van der Waals surface area contributed by atoms with Crippen molar-refractivity contribution in [3.63, 3.8) is 0 Å². The summed E-state index contributed by atoms with van der Waals surface area (Å²) < 4.78 is 0. The van der Waals surface area contributed by atoms with Gasteiger partial charge in [-0.3, -0.25) is 0 Å². The molecule has 2 aliphatic carbocycles. The fourth-order valence-electron chi connectivity index (χ4n) is 2.70. The number of nitrogens with zero attached hydrogens (tertiary/aromatic N) is 1. The Kier molecular flexibility index (Phi) is 3.95. The molecule has 0 aromatic rings. The highest BCUT2D eigenvalue weighted by atomic mass is 14.6. The topological polar surface area (TPSA) is 49.8 Å². The molecular weight excluding hydrogens is 232 g/mol. The van der Waals surface area contributed by atoms with E-state index in [0.29, 0.717) is 17.5 Å². The summed E-state index contributed by atoms with van der Waals surface area (Å²) in [5, 5.41) is 9.22. The minimum Gasteiger partial charge on any atom is -0.402 e. The zero-order valence-corrected chi connectivity index (χ0v) is 11.9. The van der Waals surface area contributed by atoms with Crippen LogP contribution in [0.25, 0.3) is 0 Å². The monoisotopic (exact) mass is 254 g/mol. The third kappa shape index (κ3) is 3.17. The molecule has 0 heterocycles. The lowest BCUT2D eigenvalue weighted by molar-refractivity contribution is 0.758. The molecule has 2 rings (SSSR count). The second kappa shape index (κ2) is 5.48. The maximum absolute atomic E-state index is 9.22. The number of rotatable bonds is 4. The zero-order chi connectivity index (χ0) is 14.0. The van der Waals surface area contributed by atoms with Gasteiger partial charge in [-0.25, -0.2) is 0 Å². The van der Waals surface area contributed by atoms with Gasteiger partial charge in [-0.15, -0.1) is 0 Å². The largest absolute Gasteiger partial charge is 0.402 e. The molecule has 0 unspecified atom stereocenters. The predicted molar refractivity (Wildman–Crippen MR) is 78.9 cm³/mol. The Morgan fingerprint density at radius 1 is 1.53 bits per heavy atom. The van der Waals surface area contributed by atoms with Crippen molar-refractivity contribution in [1.29, 1.82) is 5.26 Å². The van der Waals surface area contributed by atoms with Crippen molar-refractivity contribution in [3.05, 3.63) is 46.7 Å². The summed E-state index contributed by atoms with van der Waals surface area (Å²) in [5.74, 6) is 1.08. The maximum Gasteiger partial charge on any atom is 0.0950 e. The van der Waals surface area contributed by atoms with E-state index in [0.717, 1.165) is 18.4 Å². The van der Waals surface area contributed by atoms with Gasteiger partial charge in [-0.05, 0) is 47.5 Å². The average molecular weight is 254 g/mol. The average Bonchev–Trinajstić information content (AvgIpc) is 3.13. The molecule has 2 heteroatoms. The SMILES string of the molecule is C=C(N)CC1=C(C2CC2)C=C(C#N)CC=C1C(C)C. The highest BCUT2D eigenvalue weighted by molar-refractivity contribution is 5.51. The summed E-state index contributed by atoms with van der Waals surface area (Å²) in [6, 6.07) is 2.32. The molecule has 19 heavy (non-hydrogen) atoms. The van der Waals surface area contributed by atoms with E-state index in [1.165, 1.54) is 29.6 Å². The number of hydrogen-bond donors (Lipinski definition) is 1. The van der Waals surface area contributed by atoms with Crippen LogP contribution in [-0.2, 0) is 0 Å². The van der Waals surface area contributed by atoms with Crippen LogP contribution < -0.4 is 5.73 Å². The number of allylic oxidation sites excluding steroid dienone is 6. The molecule has 1 saturated carbocycles. The lowest BCUT2D eigenvalue weighted by atomic mass is 9.87. The fraction of sp³-hybridized carbons (Fsp3) is 0.471. The third-order valence-electron chi connectivity index (χ3n) is 3.76. The molecular formula is C17H22N2. The molecule has 0 aromatic heterocycles. The van der Waals surface area contributed by atoms with Gasteiger partial charge >= 0.3 is 0 Å². The quantitative estimate of drug-likeness (QED) is 0.824. The summed E-state index contributed by atoms with van der Waals surface area (Å²) in [5.41, 5.74) is 11.4. The van der Waals surface area contributed by atoms with Crippen molar-refractivity contribution < 1.29 is 0 Å². The zero-order valence-electron chi connectivity index (χ0n) is 11.9. The molecule has 0 atom stereocenters.